The number of benzene rings is 2. The van der Waals surface area contributed by atoms with Gasteiger partial charge in [0.1, 0.15) is 11.5 Å². The monoisotopic (exact) mass is 460 g/mol. The number of Topliss-reactive ketones (excluding diaryl/α,β-unsaturated/α-hetero) is 1. The van der Waals surface area contributed by atoms with Gasteiger partial charge in [0.05, 0.1) is 32.9 Å². The van der Waals surface area contributed by atoms with Crippen molar-refractivity contribution in [1.29, 1.82) is 0 Å². The fraction of sp³-hybridized carbons (Fsp3) is 0.192. The second kappa shape index (κ2) is 9.66. The maximum atomic E-state index is 13.2. The van der Waals surface area contributed by atoms with E-state index < -0.39 is 17.7 Å². The number of pyridine rings is 1. The Morgan fingerprint density at radius 1 is 0.941 bits per heavy atom. The summed E-state index contributed by atoms with van der Waals surface area (Å²) in [7, 11) is 4.52. The lowest BCUT2D eigenvalue weighted by Crippen LogP contribution is -2.29. The minimum absolute atomic E-state index is 0.0143. The molecule has 8 heteroatoms. The molecule has 0 aliphatic carbocycles. The fourth-order valence-electron chi connectivity index (χ4n) is 4.03. The molecule has 2 heterocycles. The van der Waals surface area contributed by atoms with Crippen LogP contribution in [-0.4, -0.2) is 48.0 Å². The van der Waals surface area contributed by atoms with Crippen molar-refractivity contribution in [3.63, 3.8) is 0 Å². The van der Waals surface area contributed by atoms with Gasteiger partial charge in [0, 0.05) is 24.5 Å². The average Bonchev–Trinajstić information content (AvgIpc) is 3.13. The van der Waals surface area contributed by atoms with Gasteiger partial charge in [-0.05, 0) is 53.6 Å². The summed E-state index contributed by atoms with van der Waals surface area (Å²) in [4.78, 5) is 31.8. The minimum Gasteiger partial charge on any atom is -0.507 e. The molecule has 1 atom stereocenters. The normalized spacial score (nSPS) is 17.0. The third-order valence-electron chi connectivity index (χ3n) is 5.71. The molecular weight excluding hydrogens is 436 g/mol. The average molecular weight is 460 g/mol. The van der Waals surface area contributed by atoms with E-state index in [1.807, 2.05) is 0 Å². The predicted molar refractivity (Wildman–Crippen MR) is 125 cm³/mol. The summed E-state index contributed by atoms with van der Waals surface area (Å²) < 4.78 is 16.0. The Morgan fingerprint density at radius 3 is 2.35 bits per heavy atom. The second-order valence-corrected chi connectivity index (χ2v) is 7.63. The molecule has 1 aliphatic rings. The highest BCUT2D eigenvalue weighted by atomic mass is 16.5. The Hall–Kier alpha value is -4.33. The van der Waals surface area contributed by atoms with E-state index in [-0.39, 0.29) is 17.9 Å². The molecule has 1 aliphatic heterocycles. The van der Waals surface area contributed by atoms with Gasteiger partial charge in [-0.25, -0.2) is 0 Å². The molecule has 0 bridgehead atoms. The lowest BCUT2D eigenvalue weighted by Gasteiger charge is -2.25. The Balaban J connectivity index is 1.88. The van der Waals surface area contributed by atoms with Crippen molar-refractivity contribution in [2.75, 3.05) is 21.3 Å². The number of ketones is 1. The number of nitrogens with zero attached hydrogens (tertiary/aromatic N) is 2. The van der Waals surface area contributed by atoms with E-state index in [1.165, 1.54) is 26.2 Å². The maximum Gasteiger partial charge on any atom is 0.295 e. The van der Waals surface area contributed by atoms with E-state index in [1.54, 1.807) is 67.0 Å². The third kappa shape index (κ3) is 4.17. The first-order chi connectivity index (χ1) is 16.5. The van der Waals surface area contributed by atoms with Crippen LogP contribution in [0.4, 0.5) is 0 Å². The zero-order valence-corrected chi connectivity index (χ0v) is 19.0. The fourth-order valence-corrected chi connectivity index (χ4v) is 4.03. The lowest BCUT2D eigenvalue weighted by molar-refractivity contribution is -0.140. The Morgan fingerprint density at radius 2 is 1.68 bits per heavy atom. The number of carbonyl (C=O) groups excluding carboxylic acids is 2. The van der Waals surface area contributed by atoms with Gasteiger partial charge in [0.25, 0.3) is 11.7 Å². The second-order valence-electron chi connectivity index (χ2n) is 7.63. The molecule has 1 amide bonds. The van der Waals surface area contributed by atoms with Gasteiger partial charge in [-0.15, -0.1) is 0 Å². The number of aromatic nitrogens is 1. The van der Waals surface area contributed by atoms with Crippen LogP contribution in [0, 0.1) is 0 Å². The molecule has 34 heavy (non-hydrogen) atoms. The quantitative estimate of drug-likeness (QED) is 0.326. The van der Waals surface area contributed by atoms with E-state index in [9.17, 15) is 14.7 Å². The number of methoxy groups -OCH3 is 3. The Labute approximate surface area is 197 Å². The van der Waals surface area contributed by atoms with Crippen molar-refractivity contribution >= 4 is 17.4 Å². The van der Waals surface area contributed by atoms with Crippen molar-refractivity contribution in [1.82, 2.24) is 9.88 Å². The molecule has 1 saturated heterocycles. The Kier molecular flexibility index (Phi) is 6.49. The van der Waals surface area contributed by atoms with Crippen LogP contribution in [0.1, 0.15) is 22.7 Å². The van der Waals surface area contributed by atoms with Crippen LogP contribution < -0.4 is 14.2 Å². The molecule has 0 saturated carbocycles. The van der Waals surface area contributed by atoms with Gasteiger partial charge in [-0.3, -0.25) is 14.6 Å². The van der Waals surface area contributed by atoms with E-state index in [2.05, 4.69) is 4.98 Å². The number of amides is 1. The summed E-state index contributed by atoms with van der Waals surface area (Å²) in [5.74, 6) is -0.347. The first-order valence-corrected chi connectivity index (χ1v) is 10.5. The van der Waals surface area contributed by atoms with Crippen molar-refractivity contribution in [3.05, 3.63) is 89.3 Å². The van der Waals surface area contributed by atoms with Crippen LogP contribution in [0.15, 0.2) is 72.6 Å². The third-order valence-corrected chi connectivity index (χ3v) is 5.71. The van der Waals surface area contributed by atoms with Crippen molar-refractivity contribution in [2.24, 2.45) is 0 Å². The van der Waals surface area contributed by atoms with Crippen LogP contribution in [0.2, 0.25) is 0 Å². The van der Waals surface area contributed by atoms with Crippen LogP contribution >= 0.6 is 0 Å². The minimum atomic E-state index is -0.823. The molecule has 1 N–H and O–H groups in total. The van der Waals surface area contributed by atoms with E-state index in [0.29, 0.717) is 28.4 Å². The topological polar surface area (TPSA) is 98.2 Å². The summed E-state index contributed by atoms with van der Waals surface area (Å²) in [6, 6.07) is 14.6. The predicted octanol–water partition coefficient (Wildman–Crippen LogP) is 3.73. The Bertz CT molecular complexity index is 1260. The molecule has 0 spiro atoms. The van der Waals surface area contributed by atoms with Gasteiger partial charge in [-0.2, -0.15) is 0 Å². The first-order valence-electron chi connectivity index (χ1n) is 10.5. The number of aliphatic hydroxyl groups is 1. The van der Waals surface area contributed by atoms with Crippen LogP contribution in [0.5, 0.6) is 17.2 Å². The van der Waals surface area contributed by atoms with Gasteiger partial charge >= 0.3 is 0 Å². The summed E-state index contributed by atoms with van der Waals surface area (Å²) in [5, 5.41) is 11.3. The number of hydrogen-bond acceptors (Lipinski definition) is 7. The van der Waals surface area contributed by atoms with E-state index >= 15 is 0 Å². The lowest BCUT2D eigenvalue weighted by atomic mass is 9.95. The molecule has 8 nitrogen and oxygen atoms in total. The number of ether oxygens (including phenoxy) is 3. The zero-order valence-electron chi connectivity index (χ0n) is 19.0. The standard InChI is InChI=1S/C26H24N2O6/c1-32-19-6-4-5-17(13-19)23-22(24(29)18-7-8-20(33-2)21(14-18)34-3)25(30)26(31)28(23)15-16-9-11-27-12-10-16/h4-14,23,29H,15H2,1-3H3/b24-22-. The number of likely N-dealkylation sites (tertiary alicyclic amines) is 1. The van der Waals surface area contributed by atoms with Crippen LogP contribution in [-0.2, 0) is 16.1 Å². The summed E-state index contributed by atoms with van der Waals surface area (Å²) in [5.41, 5.74) is 1.75. The molecular formula is C26H24N2O6. The maximum absolute atomic E-state index is 13.2. The van der Waals surface area contributed by atoms with E-state index in [0.717, 1.165) is 5.56 Å². The zero-order chi connectivity index (χ0) is 24.2. The number of aliphatic hydroxyl groups excluding tert-OH is 1. The molecule has 0 radical (unpaired) electrons. The van der Waals surface area contributed by atoms with Crippen molar-refractivity contribution in [3.8, 4) is 17.2 Å². The highest BCUT2D eigenvalue weighted by Gasteiger charge is 2.46. The summed E-state index contributed by atoms with van der Waals surface area (Å²) in [6.07, 6.45) is 3.24. The van der Waals surface area contributed by atoms with Crippen LogP contribution in [0.25, 0.3) is 5.76 Å². The molecule has 1 unspecified atom stereocenters. The SMILES string of the molecule is COc1cccc(C2/C(=C(/O)c3ccc(OC)c(OC)c3)C(=O)C(=O)N2Cc2ccncc2)c1. The molecule has 4 rings (SSSR count). The molecule has 1 aromatic heterocycles. The molecule has 2 aromatic carbocycles. The highest BCUT2D eigenvalue weighted by Crippen LogP contribution is 2.42. The smallest absolute Gasteiger partial charge is 0.295 e. The molecule has 174 valence electrons. The van der Waals surface area contributed by atoms with Gasteiger partial charge in [-0.1, -0.05) is 12.1 Å². The van der Waals surface area contributed by atoms with Gasteiger partial charge in [0.15, 0.2) is 11.5 Å². The molecule has 1 fully saturated rings. The number of hydrogen-bond donors (Lipinski definition) is 1. The summed E-state index contributed by atoms with van der Waals surface area (Å²) >= 11 is 0. The number of carbonyl (C=O) groups is 2. The van der Waals surface area contributed by atoms with Gasteiger partial charge < -0.3 is 24.2 Å². The van der Waals surface area contributed by atoms with Crippen molar-refractivity contribution < 1.29 is 28.9 Å². The van der Waals surface area contributed by atoms with Crippen LogP contribution in [0.3, 0.4) is 0 Å². The first kappa shape index (κ1) is 22.8. The highest BCUT2D eigenvalue weighted by molar-refractivity contribution is 6.46. The van der Waals surface area contributed by atoms with Gasteiger partial charge in [0.2, 0.25) is 0 Å². The van der Waals surface area contributed by atoms with E-state index in [4.69, 9.17) is 14.2 Å². The van der Waals surface area contributed by atoms with Crippen molar-refractivity contribution in [2.45, 2.75) is 12.6 Å². The number of rotatable bonds is 7. The largest absolute Gasteiger partial charge is 0.507 e. The summed E-state index contributed by atoms with van der Waals surface area (Å²) in [6.45, 7) is 0.164. The molecule has 3 aromatic rings.